The molecule has 3 heterocycles. The van der Waals surface area contributed by atoms with Gasteiger partial charge in [0.05, 0.1) is 34.7 Å². The number of esters is 1. The molecule has 3 amide bonds. The van der Waals surface area contributed by atoms with Crippen molar-refractivity contribution in [1.29, 1.82) is 0 Å². The molecule has 9 nitrogen and oxygen atoms in total. The molecule has 0 spiro atoms. The molecule has 2 aliphatic carbocycles. The Kier molecular flexibility index (Phi) is 8.00. The summed E-state index contributed by atoms with van der Waals surface area (Å²) in [4.78, 5) is 68.6. The van der Waals surface area contributed by atoms with E-state index in [4.69, 9.17) is 16.3 Å². The van der Waals surface area contributed by atoms with E-state index in [1.807, 2.05) is 0 Å². The van der Waals surface area contributed by atoms with Crippen LogP contribution >= 0.6 is 34.7 Å². The monoisotopic (exact) mass is 717 g/mol. The molecule has 2 saturated carbocycles. The van der Waals surface area contributed by atoms with Gasteiger partial charge >= 0.3 is 10.8 Å². The van der Waals surface area contributed by atoms with Crippen LogP contribution in [0, 0.1) is 35.4 Å². The van der Waals surface area contributed by atoms with Gasteiger partial charge in [-0.3, -0.25) is 28.6 Å². The van der Waals surface area contributed by atoms with Crippen LogP contribution in [0.15, 0.2) is 82.6 Å². The van der Waals surface area contributed by atoms with Crippen molar-refractivity contribution in [2.45, 2.75) is 36.1 Å². The Bertz CT molecular complexity index is 2070. The molecule has 4 aliphatic rings. The van der Waals surface area contributed by atoms with Crippen LogP contribution < -0.4 is 15.1 Å². The first-order valence-electron chi connectivity index (χ1n) is 16.0. The molecule has 1 aromatic heterocycles. The zero-order valence-electron chi connectivity index (χ0n) is 26.0. The summed E-state index contributed by atoms with van der Waals surface area (Å²) in [7, 11) is 0. The van der Waals surface area contributed by atoms with Crippen LogP contribution in [0.4, 0.5) is 15.8 Å². The first kappa shape index (κ1) is 32.0. The van der Waals surface area contributed by atoms with E-state index < -0.39 is 23.7 Å². The number of hydrogen-bond donors (Lipinski definition) is 1. The first-order valence-corrected chi connectivity index (χ1v) is 18.1. The van der Waals surface area contributed by atoms with Crippen molar-refractivity contribution < 1.29 is 28.3 Å². The predicted molar refractivity (Wildman–Crippen MR) is 184 cm³/mol. The Morgan fingerprint density at radius 2 is 1.61 bits per heavy atom. The Morgan fingerprint density at radius 1 is 0.939 bits per heavy atom. The summed E-state index contributed by atoms with van der Waals surface area (Å²) in [6.07, 6.45) is 0.697. The van der Waals surface area contributed by atoms with Crippen LogP contribution in [0.3, 0.4) is 0 Å². The first-order chi connectivity index (χ1) is 23.6. The number of amides is 3. The van der Waals surface area contributed by atoms with Gasteiger partial charge in [0.15, 0.2) is 0 Å². The van der Waals surface area contributed by atoms with Gasteiger partial charge in [-0.25, -0.2) is 9.18 Å². The maximum atomic E-state index is 14.1. The minimum absolute atomic E-state index is 0.0747. The summed E-state index contributed by atoms with van der Waals surface area (Å²) in [6.45, 7) is 1.72. The average molecular weight is 718 g/mol. The summed E-state index contributed by atoms with van der Waals surface area (Å²) in [6, 6.07) is 19.2. The zero-order valence-corrected chi connectivity index (χ0v) is 28.4. The number of fused-ring (bicyclic) bond motifs is 9. The SMILES string of the molecule is CCOC(=O)c1ccc(NC(=O)Cn2c3c(sc2=O)C(c2ccc(F)cc2)C2C4CC(C2S3)C2C(=O)N(c3ccc(Cl)cc3)C(=O)C42)cc1. The van der Waals surface area contributed by atoms with Crippen LogP contribution in [0.25, 0.3) is 0 Å². The molecular formula is C36H29ClFN3O6S2. The van der Waals surface area contributed by atoms with Crippen molar-refractivity contribution in [3.05, 3.63) is 109 Å². The van der Waals surface area contributed by atoms with Crippen molar-refractivity contribution in [3.8, 4) is 0 Å². The van der Waals surface area contributed by atoms with Gasteiger partial charge in [0.25, 0.3) is 0 Å². The highest BCUT2D eigenvalue weighted by Crippen LogP contribution is 2.69. The van der Waals surface area contributed by atoms with E-state index in [1.54, 1.807) is 67.6 Å². The summed E-state index contributed by atoms with van der Waals surface area (Å²) >= 11 is 8.67. The fourth-order valence-electron chi connectivity index (χ4n) is 8.39. The number of nitrogens with one attached hydrogen (secondary N) is 1. The van der Waals surface area contributed by atoms with Gasteiger partial charge in [0.1, 0.15) is 12.4 Å². The Labute approximate surface area is 293 Å². The van der Waals surface area contributed by atoms with Gasteiger partial charge in [-0.05, 0) is 97.3 Å². The summed E-state index contributed by atoms with van der Waals surface area (Å²) < 4.78 is 20.6. The van der Waals surface area contributed by atoms with E-state index in [1.165, 1.54) is 33.4 Å². The predicted octanol–water partition coefficient (Wildman–Crippen LogP) is 6.20. The molecule has 2 aliphatic heterocycles. The summed E-state index contributed by atoms with van der Waals surface area (Å²) in [5.74, 6) is -3.30. The third-order valence-electron chi connectivity index (χ3n) is 10.2. The number of halogens is 2. The van der Waals surface area contributed by atoms with E-state index in [2.05, 4.69) is 5.32 Å². The normalized spacial score (nSPS) is 26.3. The standard InChI is InChI=1S/C36H29ClFN3O6S2/c1-2-47-35(45)18-5-11-21(12-6-18)39-25(42)16-40-34-31(49-36(40)46)26(17-3-9-20(38)10-4-17)27-23-15-24(30(27)48-34)29-28(23)32(43)41(33(29)44)22-13-7-19(37)8-14-22/h3-14,23-24,26-30H,2,15-16H2,1H3,(H,39,42). The third-order valence-corrected chi connectivity index (χ3v) is 13.3. The molecule has 1 N–H and O–H groups in total. The van der Waals surface area contributed by atoms with Crippen LogP contribution in [0.5, 0.6) is 0 Å². The van der Waals surface area contributed by atoms with Gasteiger partial charge in [0, 0.05) is 26.8 Å². The third kappa shape index (κ3) is 5.23. The van der Waals surface area contributed by atoms with E-state index in [9.17, 15) is 28.4 Å². The number of hydrogen-bond acceptors (Lipinski definition) is 8. The highest BCUT2D eigenvalue weighted by atomic mass is 35.5. The van der Waals surface area contributed by atoms with Crippen molar-refractivity contribution >= 4 is 69.8 Å². The van der Waals surface area contributed by atoms with E-state index >= 15 is 0 Å². The van der Waals surface area contributed by atoms with Crippen LogP contribution in [0.2, 0.25) is 5.02 Å². The number of imide groups is 1. The molecule has 3 fully saturated rings. The highest BCUT2D eigenvalue weighted by molar-refractivity contribution is 8.00. The minimum atomic E-state index is -0.489. The number of thioether (sulfide) groups is 1. The molecule has 250 valence electrons. The molecule has 49 heavy (non-hydrogen) atoms. The van der Waals surface area contributed by atoms with Crippen LogP contribution in [-0.4, -0.2) is 40.1 Å². The van der Waals surface area contributed by atoms with E-state index in [0.717, 1.165) is 21.8 Å². The largest absolute Gasteiger partial charge is 0.462 e. The lowest BCUT2D eigenvalue weighted by atomic mass is 9.68. The molecule has 2 bridgehead atoms. The number of anilines is 2. The lowest BCUT2D eigenvalue weighted by Crippen LogP contribution is -2.43. The molecule has 8 rings (SSSR count). The fourth-order valence-corrected chi connectivity index (χ4v) is 11.7. The van der Waals surface area contributed by atoms with Crippen molar-refractivity contribution in [2.24, 2.45) is 29.6 Å². The number of nitrogens with zero attached hydrogens (tertiary/aromatic N) is 2. The topological polar surface area (TPSA) is 115 Å². The lowest BCUT2D eigenvalue weighted by Gasteiger charge is -2.43. The number of benzene rings is 3. The minimum Gasteiger partial charge on any atom is -0.462 e. The van der Waals surface area contributed by atoms with Gasteiger partial charge in [-0.15, -0.1) is 11.8 Å². The number of ether oxygens (including phenoxy) is 1. The summed E-state index contributed by atoms with van der Waals surface area (Å²) in [5, 5.41) is 3.87. The van der Waals surface area contributed by atoms with Crippen molar-refractivity contribution in [1.82, 2.24) is 4.57 Å². The van der Waals surface area contributed by atoms with Gasteiger partial charge in [-0.2, -0.15) is 0 Å². The molecule has 7 unspecified atom stereocenters. The highest BCUT2D eigenvalue weighted by Gasteiger charge is 2.69. The quantitative estimate of drug-likeness (QED) is 0.179. The number of thiazole rings is 1. The maximum absolute atomic E-state index is 14.1. The molecule has 0 radical (unpaired) electrons. The number of rotatable bonds is 7. The van der Waals surface area contributed by atoms with Crippen molar-refractivity contribution in [3.63, 3.8) is 0 Å². The lowest BCUT2D eigenvalue weighted by molar-refractivity contribution is -0.123. The molecule has 13 heteroatoms. The Morgan fingerprint density at radius 3 is 2.29 bits per heavy atom. The number of carbonyl (C=O) groups is 4. The smallest absolute Gasteiger partial charge is 0.338 e. The molecule has 7 atom stereocenters. The van der Waals surface area contributed by atoms with Crippen LogP contribution in [-0.2, 0) is 25.7 Å². The summed E-state index contributed by atoms with van der Waals surface area (Å²) in [5.41, 5.74) is 2.13. The second-order valence-electron chi connectivity index (χ2n) is 12.8. The number of carbonyl (C=O) groups excluding carboxylic acids is 4. The van der Waals surface area contributed by atoms with Gasteiger partial charge in [-0.1, -0.05) is 35.1 Å². The van der Waals surface area contributed by atoms with Crippen LogP contribution in [0.1, 0.15) is 40.1 Å². The second kappa shape index (κ2) is 12.3. The zero-order chi connectivity index (χ0) is 34.1. The van der Waals surface area contributed by atoms with Gasteiger partial charge < -0.3 is 10.1 Å². The second-order valence-corrected chi connectivity index (χ2v) is 15.4. The Balaban J connectivity index is 1.12. The molecular weight excluding hydrogens is 689 g/mol. The average Bonchev–Trinajstić information content (AvgIpc) is 3.81. The van der Waals surface area contributed by atoms with E-state index in [-0.39, 0.29) is 64.6 Å². The molecule has 4 aromatic rings. The fraction of sp³-hybridized carbons (Fsp3) is 0.306. The number of aromatic nitrogens is 1. The molecule has 1 saturated heterocycles. The molecule has 3 aromatic carbocycles. The van der Waals surface area contributed by atoms with E-state index in [0.29, 0.717) is 33.4 Å². The van der Waals surface area contributed by atoms with Gasteiger partial charge in [0.2, 0.25) is 17.7 Å². The van der Waals surface area contributed by atoms with Crippen molar-refractivity contribution in [2.75, 3.05) is 16.8 Å². The maximum Gasteiger partial charge on any atom is 0.338 e. The Hall–Kier alpha value is -4.26.